The molecule has 3 rings (SSSR count). The molecule has 1 amide bonds. The summed E-state index contributed by atoms with van der Waals surface area (Å²) >= 11 is 0. The van der Waals surface area contributed by atoms with Crippen LogP contribution in [0.25, 0.3) is 0 Å². The number of rotatable bonds is 38. The number of amides is 1. The normalized spacial score (nSPS) is 30.2. The Balaban J connectivity index is 1.39. The molecule has 3 saturated heterocycles. The molecule has 446 valence electrons. The number of esters is 3. The van der Waals surface area contributed by atoms with E-state index in [4.69, 9.17) is 62.6 Å². The summed E-state index contributed by atoms with van der Waals surface area (Å²) in [5.41, 5.74) is 5.65. The lowest BCUT2D eigenvalue weighted by atomic mass is 9.79. The number of nitrogens with two attached hydrogens (primary N) is 1. The monoisotopic (exact) mass is 1100 g/mol. The van der Waals surface area contributed by atoms with Crippen LogP contribution in [-0.4, -0.2) is 164 Å². The largest absolute Gasteiger partial charge is 0.463 e. The van der Waals surface area contributed by atoms with Crippen molar-refractivity contribution in [1.82, 2.24) is 5.32 Å². The molecule has 3 aliphatic rings. The maximum Gasteiger partial charge on any atom is 0.302 e. The van der Waals surface area contributed by atoms with Gasteiger partial charge in [-0.2, -0.15) is 0 Å². The fourth-order valence-corrected chi connectivity index (χ4v) is 9.77. The average Bonchev–Trinajstić information content (AvgIpc) is 3.38. The van der Waals surface area contributed by atoms with Crippen LogP contribution < -0.4 is 11.1 Å². The van der Waals surface area contributed by atoms with Gasteiger partial charge < -0.3 is 67.9 Å². The lowest BCUT2D eigenvalue weighted by molar-refractivity contribution is -0.255. The van der Waals surface area contributed by atoms with Crippen LogP contribution in [0, 0.1) is 53.3 Å². The third-order valence-corrected chi connectivity index (χ3v) is 16.2. The van der Waals surface area contributed by atoms with Crippen LogP contribution in [0.15, 0.2) is 0 Å². The first-order valence-electron chi connectivity index (χ1n) is 28.6. The van der Waals surface area contributed by atoms with Crippen molar-refractivity contribution in [2.45, 2.75) is 190 Å². The van der Waals surface area contributed by atoms with Gasteiger partial charge in [0.15, 0.2) is 18.9 Å². The van der Waals surface area contributed by atoms with Crippen molar-refractivity contribution in [2.75, 3.05) is 85.8 Å². The van der Waals surface area contributed by atoms with Crippen LogP contribution in [0.4, 0.5) is 0 Å². The molecule has 3 aliphatic heterocycles. The van der Waals surface area contributed by atoms with Crippen LogP contribution >= 0.6 is 0 Å². The van der Waals surface area contributed by atoms with Gasteiger partial charge in [0.05, 0.1) is 70.1 Å². The highest BCUT2D eigenvalue weighted by molar-refractivity contribution is 5.78. The molecule has 3 heterocycles. The fraction of sp³-hybridized carbons (Fsp3) is 0.895. The van der Waals surface area contributed by atoms with Crippen molar-refractivity contribution in [1.29, 1.82) is 0 Å². The number of carbonyl (C=O) groups is 6. The zero-order valence-corrected chi connectivity index (χ0v) is 48.8. The van der Waals surface area contributed by atoms with E-state index in [1.807, 2.05) is 0 Å². The van der Waals surface area contributed by atoms with Crippen LogP contribution in [0.3, 0.4) is 0 Å². The first kappa shape index (κ1) is 68.1. The molecule has 6 unspecified atom stereocenters. The van der Waals surface area contributed by atoms with Gasteiger partial charge in [0.2, 0.25) is 5.91 Å². The lowest BCUT2D eigenvalue weighted by Crippen LogP contribution is -2.53. The van der Waals surface area contributed by atoms with E-state index in [-0.39, 0.29) is 168 Å². The number of ketones is 2. The number of hydrogen-bond donors (Lipinski definition) is 2. The number of hydrogen-bond acceptors (Lipinski definition) is 19. The summed E-state index contributed by atoms with van der Waals surface area (Å²) < 4.78 is 70.2. The number of carbonyl (C=O) groups excluding carboxylic acids is 6. The standard InChI is InChI=1S/C57H100N2O18/c1-36-39(4)50(30-72-45(10)60)75-54(42(36)7)69-24-15-13-18-48(63)20-27-66-33-57(58,34-67-28-21-49(64)19-14-16-25-70-55-43(8)37(2)40(5)51(76-55)31-73-46(11)61)35-68-29-22-53(65)59-23-17-26-71-56-44(9)38(3)41(6)52(77-56)32-74-47(12)62/h36-44,50-52,54-56H,13-35,58H2,1-12H3,(H,59,65)/t36-,37-,38-,39+,40+,41+,42?,43?,44?,50?,51?,52?,54+,55+,56+,57?/m0/s1. The minimum absolute atomic E-state index is 0.00209. The van der Waals surface area contributed by atoms with E-state index in [0.29, 0.717) is 89.1 Å². The molecule has 3 N–H and O–H groups in total. The molecule has 0 aromatic heterocycles. The summed E-state index contributed by atoms with van der Waals surface area (Å²) in [4.78, 5) is 72.6. The Morgan fingerprint density at radius 2 is 0.740 bits per heavy atom. The predicted octanol–water partition coefficient (Wildman–Crippen LogP) is 6.53. The Morgan fingerprint density at radius 1 is 0.416 bits per heavy atom. The van der Waals surface area contributed by atoms with Crippen LogP contribution in [-0.2, 0) is 85.6 Å². The topological polar surface area (TPSA) is 251 Å². The van der Waals surface area contributed by atoms with Gasteiger partial charge in [0.25, 0.3) is 0 Å². The van der Waals surface area contributed by atoms with Gasteiger partial charge >= 0.3 is 17.9 Å². The molecular formula is C57H100N2O18. The van der Waals surface area contributed by atoms with E-state index in [1.54, 1.807) is 0 Å². The van der Waals surface area contributed by atoms with Crippen molar-refractivity contribution in [3.05, 3.63) is 0 Å². The van der Waals surface area contributed by atoms with Gasteiger partial charge in [-0.25, -0.2) is 0 Å². The molecule has 0 spiro atoms. The molecule has 0 bridgehead atoms. The molecule has 0 saturated carbocycles. The van der Waals surface area contributed by atoms with Gasteiger partial charge in [0.1, 0.15) is 31.4 Å². The second-order valence-corrected chi connectivity index (χ2v) is 22.3. The first-order chi connectivity index (χ1) is 36.5. The third kappa shape index (κ3) is 25.4. The average molecular weight is 1100 g/mol. The van der Waals surface area contributed by atoms with Gasteiger partial charge in [-0.1, -0.05) is 62.3 Å². The highest BCUT2D eigenvalue weighted by atomic mass is 16.7. The Labute approximate surface area is 459 Å². The predicted molar refractivity (Wildman–Crippen MR) is 285 cm³/mol. The van der Waals surface area contributed by atoms with Gasteiger partial charge in [-0.3, -0.25) is 28.8 Å². The Morgan fingerprint density at radius 3 is 1.08 bits per heavy atom. The second-order valence-electron chi connectivity index (χ2n) is 22.3. The van der Waals surface area contributed by atoms with E-state index < -0.39 is 24.4 Å². The summed E-state index contributed by atoms with van der Waals surface area (Å²) in [6.45, 7) is 25.7. The van der Waals surface area contributed by atoms with Gasteiger partial charge in [-0.05, 0) is 67.6 Å². The molecule has 3 fully saturated rings. The molecule has 77 heavy (non-hydrogen) atoms. The lowest BCUT2D eigenvalue weighted by Gasteiger charge is -2.43. The van der Waals surface area contributed by atoms with Crippen molar-refractivity contribution in [3.8, 4) is 0 Å². The van der Waals surface area contributed by atoms with E-state index in [2.05, 4.69) is 67.6 Å². The fourth-order valence-electron chi connectivity index (χ4n) is 9.77. The number of ether oxygens (including phenoxy) is 12. The Bertz CT molecular complexity index is 1560. The zero-order valence-electron chi connectivity index (χ0n) is 48.8. The summed E-state index contributed by atoms with van der Waals surface area (Å²) in [6.07, 6.45) is 2.37. The van der Waals surface area contributed by atoms with E-state index in [0.717, 1.165) is 0 Å². The van der Waals surface area contributed by atoms with Crippen molar-refractivity contribution in [3.63, 3.8) is 0 Å². The molecule has 0 aliphatic carbocycles. The quantitative estimate of drug-likeness (QED) is 0.0379. The first-order valence-corrected chi connectivity index (χ1v) is 28.6. The minimum Gasteiger partial charge on any atom is -0.463 e. The summed E-state index contributed by atoms with van der Waals surface area (Å²) in [6, 6.07) is 0. The maximum absolute atomic E-state index is 12.8. The summed E-state index contributed by atoms with van der Waals surface area (Å²) in [5, 5.41) is 2.90. The van der Waals surface area contributed by atoms with Gasteiger partial charge in [-0.15, -0.1) is 0 Å². The van der Waals surface area contributed by atoms with E-state index >= 15 is 0 Å². The summed E-state index contributed by atoms with van der Waals surface area (Å²) in [5.74, 6) is 0.824. The molecule has 15 atom stereocenters. The summed E-state index contributed by atoms with van der Waals surface area (Å²) in [7, 11) is 0. The number of Topliss-reactive ketones (excluding diaryl/α,β-unsaturated/α-hetero) is 2. The zero-order chi connectivity index (χ0) is 57.1. The van der Waals surface area contributed by atoms with Crippen LogP contribution in [0.2, 0.25) is 0 Å². The maximum atomic E-state index is 12.8. The van der Waals surface area contributed by atoms with Gasteiger partial charge in [0, 0.05) is 90.4 Å². The van der Waals surface area contributed by atoms with Crippen molar-refractivity contribution < 1.29 is 85.6 Å². The Kier molecular flexibility index (Phi) is 32.0. The van der Waals surface area contributed by atoms with Crippen molar-refractivity contribution in [2.24, 2.45) is 59.0 Å². The second kappa shape index (κ2) is 36.2. The molecule has 20 heteroatoms. The van der Waals surface area contributed by atoms with Crippen molar-refractivity contribution >= 4 is 35.4 Å². The number of nitrogens with one attached hydrogen (secondary N) is 1. The molecular weight excluding hydrogens is 1000 g/mol. The molecule has 0 aromatic rings. The number of unbranched alkanes of at least 4 members (excludes halogenated alkanes) is 2. The highest BCUT2D eigenvalue weighted by Gasteiger charge is 2.42. The van der Waals surface area contributed by atoms with Crippen LogP contribution in [0.1, 0.15) is 147 Å². The highest BCUT2D eigenvalue weighted by Crippen LogP contribution is 2.38. The molecule has 0 radical (unpaired) electrons. The molecule has 20 nitrogen and oxygen atoms in total. The minimum atomic E-state index is -1.13. The van der Waals surface area contributed by atoms with E-state index in [9.17, 15) is 28.8 Å². The molecule has 0 aromatic carbocycles. The van der Waals surface area contributed by atoms with E-state index in [1.165, 1.54) is 20.8 Å². The third-order valence-electron chi connectivity index (χ3n) is 16.2. The van der Waals surface area contributed by atoms with Crippen LogP contribution in [0.5, 0.6) is 0 Å². The Hall–Kier alpha value is -3.18. The smallest absolute Gasteiger partial charge is 0.302 e. The SMILES string of the molecule is CC(=O)OCC1O[C@@H](OCCCCC(=O)CCOCC(N)(COCCC(=O)CCCCO[C@@H]2OC(COC(C)=O)[C@H](C)[C@H](C)C2C)COCCC(=O)NCCCO[C@@H]2OC(COC(C)=O)[C@H](C)[C@H](C)C2C)C(C)[C@@H](C)[C@H]1C.